The third-order valence-corrected chi connectivity index (χ3v) is 4.28. The van der Waals surface area contributed by atoms with Crippen LogP contribution in [0.1, 0.15) is 30.3 Å². The van der Waals surface area contributed by atoms with Crippen molar-refractivity contribution in [2.45, 2.75) is 26.8 Å². The third-order valence-electron chi connectivity index (χ3n) is 2.84. The van der Waals surface area contributed by atoms with E-state index in [1.54, 1.807) is 17.4 Å². The molecule has 1 nitrogen and oxygen atoms in total. The van der Waals surface area contributed by atoms with Gasteiger partial charge in [0.25, 0.3) is 0 Å². The second-order valence-corrected chi connectivity index (χ2v) is 5.09. The van der Waals surface area contributed by atoms with Gasteiger partial charge in [-0.15, -0.1) is 11.3 Å². The Kier molecular flexibility index (Phi) is 3.26. The molecule has 1 aromatic heterocycles. The molecule has 3 heteroatoms. The monoisotopic (exact) mass is 237 g/mol. The maximum atomic E-state index is 13.1. The van der Waals surface area contributed by atoms with Crippen molar-refractivity contribution in [3.63, 3.8) is 0 Å². The van der Waals surface area contributed by atoms with E-state index in [4.69, 9.17) is 0 Å². The SMILES string of the molecule is CCNC(C)c1sc2cc(F)ccc2c1C. The largest absolute Gasteiger partial charge is 0.310 e. The van der Waals surface area contributed by atoms with Gasteiger partial charge in [-0.1, -0.05) is 13.0 Å². The summed E-state index contributed by atoms with van der Waals surface area (Å²) < 4.78 is 14.2. The number of nitrogens with one attached hydrogen (secondary N) is 1. The Labute approximate surface area is 99.3 Å². The quantitative estimate of drug-likeness (QED) is 0.850. The number of hydrogen-bond acceptors (Lipinski definition) is 2. The van der Waals surface area contributed by atoms with E-state index in [0.29, 0.717) is 6.04 Å². The lowest BCUT2D eigenvalue weighted by Gasteiger charge is -2.11. The Hall–Kier alpha value is -0.930. The molecule has 0 radical (unpaired) electrons. The Morgan fingerprint density at radius 1 is 1.44 bits per heavy atom. The van der Waals surface area contributed by atoms with Crippen LogP contribution in [-0.2, 0) is 0 Å². The summed E-state index contributed by atoms with van der Waals surface area (Å²) in [6.45, 7) is 7.31. The van der Waals surface area contributed by atoms with Gasteiger partial charge >= 0.3 is 0 Å². The fourth-order valence-corrected chi connectivity index (χ4v) is 3.29. The third kappa shape index (κ3) is 1.97. The minimum absolute atomic E-state index is 0.156. The number of halogens is 1. The average Bonchev–Trinajstić information content (AvgIpc) is 2.56. The first-order valence-corrected chi connectivity index (χ1v) is 6.37. The summed E-state index contributed by atoms with van der Waals surface area (Å²) in [5.74, 6) is -0.156. The van der Waals surface area contributed by atoms with Crippen LogP contribution < -0.4 is 5.32 Å². The van der Waals surface area contributed by atoms with E-state index in [2.05, 4.69) is 26.1 Å². The summed E-state index contributed by atoms with van der Waals surface area (Å²) in [7, 11) is 0. The van der Waals surface area contributed by atoms with Crippen molar-refractivity contribution < 1.29 is 4.39 Å². The van der Waals surface area contributed by atoms with E-state index in [9.17, 15) is 4.39 Å². The van der Waals surface area contributed by atoms with Crippen LogP contribution in [0.2, 0.25) is 0 Å². The normalized spacial score (nSPS) is 13.2. The molecule has 1 unspecified atom stereocenters. The van der Waals surface area contributed by atoms with Crippen LogP contribution in [0, 0.1) is 12.7 Å². The Morgan fingerprint density at radius 2 is 2.19 bits per heavy atom. The zero-order valence-corrected chi connectivity index (χ0v) is 10.6. The van der Waals surface area contributed by atoms with Crippen LogP contribution in [0.5, 0.6) is 0 Å². The van der Waals surface area contributed by atoms with Crippen LogP contribution in [0.25, 0.3) is 10.1 Å². The van der Waals surface area contributed by atoms with E-state index >= 15 is 0 Å². The van der Waals surface area contributed by atoms with Crippen LogP contribution in [-0.4, -0.2) is 6.54 Å². The molecule has 0 saturated carbocycles. The van der Waals surface area contributed by atoms with Crippen LogP contribution in [0.15, 0.2) is 18.2 Å². The van der Waals surface area contributed by atoms with Gasteiger partial charge in [-0.05, 0) is 43.5 Å². The van der Waals surface area contributed by atoms with Crippen LogP contribution in [0.3, 0.4) is 0 Å². The maximum absolute atomic E-state index is 13.1. The van der Waals surface area contributed by atoms with Gasteiger partial charge in [0.15, 0.2) is 0 Å². The lowest BCUT2D eigenvalue weighted by atomic mass is 10.1. The molecule has 0 saturated heterocycles. The molecule has 0 aliphatic rings. The van der Waals surface area contributed by atoms with Crippen molar-refractivity contribution in [1.29, 1.82) is 0 Å². The molecule has 0 amide bonds. The lowest BCUT2D eigenvalue weighted by molar-refractivity contribution is 0.605. The number of aryl methyl sites for hydroxylation is 1. The molecule has 0 aliphatic carbocycles. The highest BCUT2D eigenvalue weighted by Crippen LogP contribution is 2.34. The van der Waals surface area contributed by atoms with Crippen molar-refractivity contribution in [1.82, 2.24) is 5.32 Å². The van der Waals surface area contributed by atoms with Gasteiger partial charge in [0, 0.05) is 15.6 Å². The fraction of sp³-hybridized carbons (Fsp3) is 0.385. The molecule has 0 bridgehead atoms. The van der Waals surface area contributed by atoms with Gasteiger partial charge in [0.2, 0.25) is 0 Å². The molecule has 1 N–H and O–H groups in total. The highest BCUT2D eigenvalue weighted by Gasteiger charge is 2.13. The average molecular weight is 237 g/mol. The number of thiophene rings is 1. The van der Waals surface area contributed by atoms with E-state index in [1.807, 2.05) is 6.07 Å². The molecule has 1 atom stereocenters. The number of hydrogen-bond donors (Lipinski definition) is 1. The minimum atomic E-state index is -0.156. The zero-order valence-electron chi connectivity index (χ0n) is 9.80. The molecule has 2 rings (SSSR count). The molecular weight excluding hydrogens is 221 g/mol. The summed E-state index contributed by atoms with van der Waals surface area (Å²) in [5.41, 5.74) is 1.27. The number of fused-ring (bicyclic) bond motifs is 1. The Morgan fingerprint density at radius 3 is 2.88 bits per heavy atom. The predicted octanol–water partition coefficient (Wildman–Crippen LogP) is 4.02. The van der Waals surface area contributed by atoms with Crippen molar-refractivity contribution in [3.8, 4) is 0 Å². The van der Waals surface area contributed by atoms with Crippen molar-refractivity contribution in [3.05, 3.63) is 34.5 Å². The molecule has 86 valence electrons. The van der Waals surface area contributed by atoms with Crippen LogP contribution in [0.4, 0.5) is 4.39 Å². The molecule has 16 heavy (non-hydrogen) atoms. The van der Waals surface area contributed by atoms with Gasteiger partial charge < -0.3 is 5.32 Å². The molecule has 2 aromatic rings. The summed E-state index contributed by atoms with van der Waals surface area (Å²) in [4.78, 5) is 1.31. The first-order valence-electron chi connectivity index (χ1n) is 5.55. The summed E-state index contributed by atoms with van der Waals surface area (Å²) in [5, 5.41) is 4.57. The van der Waals surface area contributed by atoms with E-state index in [1.165, 1.54) is 21.9 Å². The van der Waals surface area contributed by atoms with Gasteiger partial charge in [-0.25, -0.2) is 4.39 Å². The second-order valence-electron chi connectivity index (χ2n) is 4.01. The summed E-state index contributed by atoms with van der Waals surface area (Å²) in [6, 6.07) is 5.36. The topological polar surface area (TPSA) is 12.0 Å². The first kappa shape index (κ1) is 11.6. The first-order chi connectivity index (χ1) is 7.63. The molecular formula is C13H16FNS. The number of rotatable bonds is 3. The Bertz CT molecular complexity index is 504. The van der Waals surface area contributed by atoms with Crippen molar-refractivity contribution in [2.75, 3.05) is 6.54 Å². The second kappa shape index (κ2) is 4.52. The summed E-state index contributed by atoms with van der Waals surface area (Å²) in [6.07, 6.45) is 0. The molecule has 1 aromatic carbocycles. The fourth-order valence-electron chi connectivity index (χ4n) is 2.03. The lowest BCUT2D eigenvalue weighted by Crippen LogP contribution is -2.17. The molecule has 0 fully saturated rings. The van der Waals surface area contributed by atoms with Crippen LogP contribution >= 0.6 is 11.3 Å². The standard InChI is InChI=1S/C13H16FNS/c1-4-15-9(3)13-8(2)11-6-5-10(14)7-12(11)16-13/h5-7,9,15H,4H2,1-3H3. The molecule has 0 spiro atoms. The number of benzene rings is 1. The predicted molar refractivity (Wildman–Crippen MR) is 68.6 cm³/mol. The van der Waals surface area contributed by atoms with Gasteiger partial charge in [0.05, 0.1) is 0 Å². The van der Waals surface area contributed by atoms with E-state index in [-0.39, 0.29) is 5.82 Å². The summed E-state index contributed by atoms with van der Waals surface area (Å²) >= 11 is 1.68. The minimum Gasteiger partial charge on any atom is -0.310 e. The van der Waals surface area contributed by atoms with Crippen molar-refractivity contribution >= 4 is 21.4 Å². The highest BCUT2D eigenvalue weighted by atomic mass is 32.1. The van der Waals surface area contributed by atoms with Crippen molar-refractivity contribution in [2.24, 2.45) is 0 Å². The maximum Gasteiger partial charge on any atom is 0.124 e. The van der Waals surface area contributed by atoms with E-state index < -0.39 is 0 Å². The smallest absolute Gasteiger partial charge is 0.124 e. The van der Waals surface area contributed by atoms with Gasteiger partial charge in [-0.2, -0.15) is 0 Å². The molecule has 0 aliphatic heterocycles. The van der Waals surface area contributed by atoms with Gasteiger partial charge in [0.1, 0.15) is 5.82 Å². The molecule has 1 heterocycles. The van der Waals surface area contributed by atoms with E-state index in [0.717, 1.165) is 11.2 Å². The Balaban J connectivity index is 2.51. The zero-order chi connectivity index (χ0) is 11.7. The highest BCUT2D eigenvalue weighted by molar-refractivity contribution is 7.19. The van der Waals surface area contributed by atoms with Gasteiger partial charge in [-0.3, -0.25) is 0 Å².